The largest absolute Gasteiger partial charge is 0.329 e. The van der Waals surface area contributed by atoms with E-state index in [9.17, 15) is 0 Å². The van der Waals surface area contributed by atoms with E-state index in [0.29, 0.717) is 24.7 Å². The molecule has 1 aliphatic heterocycles. The first-order chi connectivity index (χ1) is 9.52. The van der Waals surface area contributed by atoms with Gasteiger partial charge in [-0.25, -0.2) is 0 Å². The van der Waals surface area contributed by atoms with E-state index in [1.165, 1.54) is 5.56 Å². The second kappa shape index (κ2) is 6.70. The SMILES string of the molecule is CC(C)N1CCN(C(CN)c2cnn(C(C)C)c2)CC1. The Kier molecular flexibility index (Phi) is 5.18. The van der Waals surface area contributed by atoms with Gasteiger partial charge >= 0.3 is 0 Å². The third-order valence-corrected chi connectivity index (χ3v) is 4.28. The van der Waals surface area contributed by atoms with Gasteiger partial charge in [0.05, 0.1) is 12.2 Å². The monoisotopic (exact) mass is 279 g/mol. The third-order valence-electron chi connectivity index (χ3n) is 4.28. The predicted molar refractivity (Wildman–Crippen MR) is 82.7 cm³/mol. The van der Waals surface area contributed by atoms with E-state index in [4.69, 9.17) is 5.73 Å². The van der Waals surface area contributed by atoms with Crippen LogP contribution in [0.5, 0.6) is 0 Å². The normalized spacial score (nSPS) is 19.9. The highest BCUT2D eigenvalue weighted by Crippen LogP contribution is 2.22. The highest BCUT2D eigenvalue weighted by atomic mass is 15.3. The van der Waals surface area contributed by atoms with Crippen LogP contribution in [-0.2, 0) is 0 Å². The minimum Gasteiger partial charge on any atom is -0.329 e. The summed E-state index contributed by atoms with van der Waals surface area (Å²) < 4.78 is 2.02. The first-order valence-corrected chi connectivity index (χ1v) is 7.75. The fourth-order valence-corrected chi connectivity index (χ4v) is 2.87. The fraction of sp³-hybridized carbons (Fsp3) is 0.800. The van der Waals surface area contributed by atoms with E-state index >= 15 is 0 Å². The molecule has 5 nitrogen and oxygen atoms in total. The van der Waals surface area contributed by atoms with Gasteiger partial charge in [-0.2, -0.15) is 5.10 Å². The first-order valence-electron chi connectivity index (χ1n) is 7.75. The van der Waals surface area contributed by atoms with E-state index in [-0.39, 0.29) is 0 Å². The Labute approximate surface area is 122 Å². The lowest BCUT2D eigenvalue weighted by molar-refractivity contribution is 0.0802. The van der Waals surface area contributed by atoms with Crippen molar-refractivity contribution in [3.8, 4) is 0 Å². The van der Waals surface area contributed by atoms with E-state index in [1.54, 1.807) is 0 Å². The van der Waals surface area contributed by atoms with Crippen LogP contribution in [0.15, 0.2) is 12.4 Å². The summed E-state index contributed by atoms with van der Waals surface area (Å²) in [5.74, 6) is 0. The molecule has 5 heteroatoms. The molecule has 2 heterocycles. The van der Waals surface area contributed by atoms with Crippen molar-refractivity contribution >= 4 is 0 Å². The highest BCUT2D eigenvalue weighted by Gasteiger charge is 2.26. The van der Waals surface area contributed by atoms with Crippen LogP contribution in [0.4, 0.5) is 0 Å². The first kappa shape index (κ1) is 15.5. The molecule has 0 amide bonds. The van der Waals surface area contributed by atoms with Crippen LogP contribution < -0.4 is 5.73 Å². The zero-order chi connectivity index (χ0) is 14.7. The average Bonchev–Trinajstić information content (AvgIpc) is 2.90. The van der Waals surface area contributed by atoms with Crippen molar-refractivity contribution in [2.45, 2.75) is 45.8 Å². The van der Waals surface area contributed by atoms with E-state index in [2.05, 4.69) is 48.8 Å². The molecule has 0 saturated carbocycles. The Morgan fingerprint density at radius 3 is 2.10 bits per heavy atom. The molecule has 1 aromatic heterocycles. The van der Waals surface area contributed by atoms with Crippen molar-refractivity contribution < 1.29 is 0 Å². The summed E-state index contributed by atoms with van der Waals surface area (Å²) in [4.78, 5) is 5.03. The number of aromatic nitrogens is 2. The molecule has 114 valence electrons. The van der Waals surface area contributed by atoms with Crippen LogP contribution in [0.3, 0.4) is 0 Å². The molecule has 1 aliphatic rings. The molecule has 1 saturated heterocycles. The average molecular weight is 279 g/mol. The van der Waals surface area contributed by atoms with Gasteiger partial charge < -0.3 is 5.73 Å². The van der Waals surface area contributed by atoms with Crippen LogP contribution in [0.25, 0.3) is 0 Å². The minimum atomic E-state index is 0.303. The Morgan fingerprint density at radius 2 is 1.65 bits per heavy atom. The smallest absolute Gasteiger partial charge is 0.0538 e. The molecule has 1 fully saturated rings. The fourth-order valence-electron chi connectivity index (χ4n) is 2.87. The molecular formula is C15H29N5. The molecule has 0 bridgehead atoms. The van der Waals surface area contributed by atoms with Crippen molar-refractivity contribution in [3.05, 3.63) is 18.0 Å². The molecule has 2 rings (SSSR count). The maximum Gasteiger partial charge on any atom is 0.0538 e. The summed E-state index contributed by atoms with van der Waals surface area (Å²) in [7, 11) is 0. The van der Waals surface area contributed by atoms with Crippen molar-refractivity contribution in [2.24, 2.45) is 5.73 Å². The van der Waals surface area contributed by atoms with Crippen molar-refractivity contribution in [3.63, 3.8) is 0 Å². The Hall–Kier alpha value is -0.910. The summed E-state index contributed by atoms with van der Waals surface area (Å²) in [5.41, 5.74) is 7.27. The standard InChI is InChI=1S/C15H29N5/c1-12(2)18-5-7-19(8-6-18)15(9-16)14-10-17-20(11-14)13(3)4/h10-13,15H,5-9,16H2,1-4H3. The second-order valence-corrected chi connectivity index (χ2v) is 6.26. The summed E-state index contributed by atoms with van der Waals surface area (Å²) in [6, 6.07) is 1.34. The number of rotatable bonds is 5. The lowest BCUT2D eigenvalue weighted by Gasteiger charge is -2.40. The topological polar surface area (TPSA) is 50.3 Å². The number of piperazine rings is 1. The summed E-state index contributed by atoms with van der Waals surface area (Å²) in [6.07, 6.45) is 4.13. The minimum absolute atomic E-state index is 0.303. The maximum atomic E-state index is 6.02. The molecule has 0 spiro atoms. The molecule has 0 aromatic carbocycles. The molecule has 1 atom stereocenters. The molecule has 1 aromatic rings. The molecule has 2 N–H and O–H groups in total. The van der Waals surface area contributed by atoms with Gasteiger partial charge in [0, 0.05) is 56.6 Å². The number of nitrogens with zero attached hydrogens (tertiary/aromatic N) is 4. The Balaban J connectivity index is 2.01. The lowest BCUT2D eigenvalue weighted by Crippen LogP contribution is -2.50. The maximum absolute atomic E-state index is 6.02. The molecular weight excluding hydrogens is 250 g/mol. The van der Waals surface area contributed by atoms with Crippen molar-refractivity contribution in [1.82, 2.24) is 19.6 Å². The van der Waals surface area contributed by atoms with Gasteiger partial charge in [0.25, 0.3) is 0 Å². The van der Waals surface area contributed by atoms with Crippen LogP contribution in [-0.4, -0.2) is 58.3 Å². The van der Waals surface area contributed by atoms with Crippen molar-refractivity contribution in [1.29, 1.82) is 0 Å². The quantitative estimate of drug-likeness (QED) is 0.887. The van der Waals surface area contributed by atoms with Crippen molar-refractivity contribution in [2.75, 3.05) is 32.7 Å². The number of nitrogens with two attached hydrogens (primary N) is 1. The van der Waals surface area contributed by atoms with Crippen LogP contribution >= 0.6 is 0 Å². The molecule has 1 unspecified atom stereocenters. The van der Waals surface area contributed by atoms with Gasteiger partial charge in [-0.1, -0.05) is 0 Å². The molecule has 20 heavy (non-hydrogen) atoms. The van der Waals surface area contributed by atoms with Crippen LogP contribution in [0.1, 0.15) is 45.3 Å². The lowest BCUT2D eigenvalue weighted by atomic mass is 10.1. The zero-order valence-electron chi connectivity index (χ0n) is 13.3. The van der Waals surface area contributed by atoms with Crippen LogP contribution in [0.2, 0.25) is 0 Å². The Morgan fingerprint density at radius 1 is 1.05 bits per heavy atom. The summed E-state index contributed by atoms with van der Waals surface area (Å²) >= 11 is 0. The molecule has 0 aliphatic carbocycles. The van der Waals surface area contributed by atoms with Crippen LogP contribution in [0, 0.1) is 0 Å². The van der Waals surface area contributed by atoms with Gasteiger partial charge in [0.1, 0.15) is 0 Å². The molecule has 0 radical (unpaired) electrons. The summed E-state index contributed by atoms with van der Waals surface area (Å²) in [5, 5.41) is 4.45. The summed E-state index contributed by atoms with van der Waals surface area (Å²) in [6.45, 7) is 13.9. The number of hydrogen-bond acceptors (Lipinski definition) is 4. The van der Waals surface area contributed by atoms with Gasteiger partial charge in [0.15, 0.2) is 0 Å². The van der Waals surface area contributed by atoms with E-state index < -0.39 is 0 Å². The number of hydrogen-bond donors (Lipinski definition) is 1. The second-order valence-electron chi connectivity index (χ2n) is 6.26. The predicted octanol–water partition coefficient (Wildman–Crippen LogP) is 1.49. The van der Waals surface area contributed by atoms with Gasteiger partial charge in [0.2, 0.25) is 0 Å². The highest BCUT2D eigenvalue weighted by molar-refractivity contribution is 5.12. The van der Waals surface area contributed by atoms with E-state index in [1.807, 2.05) is 10.9 Å². The van der Waals surface area contributed by atoms with Gasteiger partial charge in [-0.05, 0) is 27.7 Å². The van der Waals surface area contributed by atoms with Gasteiger partial charge in [-0.3, -0.25) is 14.5 Å². The Bertz CT molecular complexity index is 404. The van der Waals surface area contributed by atoms with E-state index in [0.717, 1.165) is 26.2 Å². The third kappa shape index (κ3) is 3.40. The van der Waals surface area contributed by atoms with Gasteiger partial charge in [-0.15, -0.1) is 0 Å². The zero-order valence-corrected chi connectivity index (χ0v) is 13.3.